The van der Waals surface area contributed by atoms with E-state index in [1.165, 1.54) is 15.6 Å². The van der Waals surface area contributed by atoms with E-state index < -0.39 is 0 Å². The second-order valence-electron chi connectivity index (χ2n) is 3.62. The minimum Gasteiger partial charge on any atom is -0.516 e. The molecule has 0 aliphatic heterocycles. The van der Waals surface area contributed by atoms with Crippen molar-refractivity contribution in [2.45, 2.75) is 19.4 Å². The molecule has 0 aliphatic carbocycles. The first-order valence-electron chi connectivity index (χ1n) is 5.14. The smallest absolute Gasteiger partial charge is 0.0719 e. The molecule has 0 saturated carbocycles. The molecule has 16 heavy (non-hydrogen) atoms. The molecule has 0 fully saturated rings. The van der Waals surface area contributed by atoms with Crippen LogP contribution in [0.2, 0.25) is 0 Å². The Bertz CT molecular complexity index is 448. The van der Waals surface area contributed by atoms with Gasteiger partial charge in [0.2, 0.25) is 0 Å². The molecule has 0 spiro atoms. The van der Waals surface area contributed by atoms with E-state index in [2.05, 4.69) is 36.2 Å². The maximum atomic E-state index is 7.33. The Hall–Kier alpha value is -1.32. The number of benzene rings is 1. The zero-order valence-corrected chi connectivity index (χ0v) is 10.2. The molecule has 0 amide bonds. The number of fused-ring (bicyclic) bond motifs is 1. The number of aliphatic hydroxyl groups is 1. The van der Waals surface area contributed by atoms with Crippen LogP contribution in [0.1, 0.15) is 12.5 Å². The van der Waals surface area contributed by atoms with Crippen molar-refractivity contribution >= 4 is 21.4 Å². The summed E-state index contributed by atoms with van der Waals surface area (Å²) in [4.78, 5) is 0. The molecule has 0 saturated heterocycles. The second-order valence-corrected chi connectivity index (χ2v) is 4.53. The van der Waals surface area contributed by atoms with E-state index in [1.807, 2.05) is 6.92 Å². The highest BCUT2D eigenvalue weighted by atomic mass is 32.1. The highest BCUT2D eigenvalue weighted by molar-refractivity contribution is 7.17. The molecule has 3 heteroatoms. The Morgan fingerprint density at radius 2 is 2.12 bits per heavy atom. The molecule has 1 heterocycles. The highest BCUT2D eigenvalue weighted by Gasteiger charge is 2.04. The topological polar surface area (TPSA) is 46.2 Å². The Kier molecular flexibility index (Phi) is 5.02. The molecule has 2 nitrogen and oxygen atoms in total. The van der Waals surface area contributed by atoms with Crippen LogP contribution in [0, 0.1) is 0 Å². The third-order valence-electron chi connectivity index (χ3n) is 2.10. The molecular formula is C13H17NOS. The number of aliphatic hydroxyl groups excluding tert-OH is 1. The first-order valence-corrected chi connectivity index (χ1v) is 6.02. The van der Waals surface area contributed by atoms with Gasteiger partial charge in [0.15, 0.2) is 0 Å². The van der Waals surface area contributed by atoms with Gasteiger partial charge in [-0.25, -0.2) is 0 Å². The number of hydrogen-bond donors (Lipinski definition) is 2. The van der Waals surface area contributed by atoms with Crippen molar-refractivity contribution in [3.63, 3.8) is 0 Å². The van der Waals surface area contributed by atoms with E-state index in [0.717, 1.165) is 12.7 Å². The molecule has 1 aromatic carbocycles. The van der Waals surface area contributed by atoms with Gasteiger partial charge < -0.3 is 10.8 Å². The van der Waals surface area contributed by atoms with E-state index in [-0.39, 0.29) is 6.04 Å². The van der Waals surface area contributed by atoms with Crippen LogP contribution in [0.25, 0.3) is 10.1 Å². The fourth-order valence-corrected chi connectivity index (χ4v) is 2.51. The summed E-state index contributed by atoms with van der Waals surface area (Å²) < 4.78 is 1.36. The molecular weight excluding hydrogens is 218 g/mol. The van der Waals surface area contributed by atoms with E-state index >= 15 is 0 Å². The number of nitrogens with two attached hydrogens (primary N) is 1. The summed E-state index contributed by atoms with van der Waals surface area (Å²) in [6.07, 6.45) is 1.73. The highest BCUT2D eigenvalue weighted by Crippen LogP contribution is 2.26. The second kappa shape index (κ2) is 6.30. The lowest BCUT2D eigenvalue weighted by Crippen LogP contribution is -2.17. The lowest BCUT2D eigenvalue weighted by molar-refractivity contribution is 0.476. The van der Waals surface area contributed by atoms with Crippen molar-refractivity contribution in [1.29, 1.82) is 0 Å². The maximum Gasteiger partial charge on any atom is 0.0719 e. The van der Waals surface area contributed by atoms with E-state index in [9.17, 15) is 0 Å². The Labute approximate surface area is 100 Å². The van der Waals surface area contributed by atoms with Crippen molar-refractivity contribution in [2.24, 2.45) is 5.73 Å². The fourth-order valence-electron chi connectivity index (χ4n) is 1.54. The third-order valence-corrected chi connectivity index (χ3v) is 3.12. The largest absolute Gasteiger partial charge is 0.516 e. The minimum absolute atomic E-state index is 0.248. The summed E-state index contributed by atoms with van der Waals surface area (Å²) in [5, 5.41) is 10.9. The van der Waals surface area contributed by atoms with Crippen LogP contribution in [0.5, 0.6) is 0 Å². The summed E-state index contributed by atoms with van der Waals surface area (Å²) in [5.41, 5.74) is 7.16. The zero-order chi connectivity index (χ0) is 12.0. The lowest BCUT2D eigenvalue weighted by atomic mass is 10.1. The fraction of sp³-hybridized carbons (Fsp3) is 0.231. The van der Waals surface area contributed by atoms with Gasteiger partial charge in [0, 0.05) is 10.7 Å². The van der Waals surface area contributed by atoms with Crippen LogP contribution < -0.4 is 5.73 Å². The number of rotatable bonds is 2. The quantitative estimate of drug-likeness (QED) is 0.783. The number of thiophene rings is 1. The zero-order valence-electron chi connectivity index (χ0n) is 9.39. The summed E-state index contributed by atoms with van der Waals surface area (Å²) in [6.45, 7) is 4.96. The molecule has 0 bridgehead atoms. The first kappa shape index (κ1) is 12.7. The van der Waals surface area contributed by atoms with E-state index in [4.69, 9.17) is 10.8 Å². The Morgan fingerprint density at radius 3 is 2.75 bits per heavy atom. The van der Waals surface area contributed by atoms with E-state index in [1.54, 1.807) is 11.3 Å². The van der Waals surface area contributed by atoms with Crippen molar-refractivity contribution in [3.8, 4) is 0 Å². The van der Waals surface area contributed by atoms with Gasteiger partial charge in [-0.3, -0.25) is 0 Å². The average molecular weight is 235 g/mol. The molecule has 1 unspecified atom stereocenters. The van der Waals surface area contributed by atoms with Crippen LogP contribution in [0.4, 0.5) is 0 Å². The van der Waals surface area contributed by atoms with Gasteiger partial charge >= 0.3 is 0 Å². The lowest BCUT2D eigenvalue weighted by Gasteiger charge is -2.02. The molecule has 0 radical (unpaired) electrons. The molecule has 3 N–H and O–H groups in total. The summed E-state index contributed by atoms with van der Waals surface area (Å²) in [7, 11) is 0. The maximum absolute atomic E-state index is 7.33. The van der Waals surface area contributed by atoms with E-state index in [0.29, 0.717) is 0 Å². The van der Waals surface area contributed by atoms with Crippen molar-refractivity contribution in [1.82, 2.24) is 0 Å². The van der Waals surface area contributed by atoms with Gasteiger partial charge in [-0.15, -0.1) is 11.3 Å². The Morgan fingerprint density at radius 1 is 1.50 bits per heavy atom. The van der Waals surface area contributed by atoms with Gasteiger partial charge in [0.1, 0.15) is 0 Å². The van der Waals surface area contributed by atoms with Crippen LogP contribution >= 0.6 is 11.3 Å². The molecule has 1 atom stereocenters. The Balaban J connectivity index is 0.000000386. The van der Waals surface area contributed by atoms with Gasteiger partial charge in [-0.1, -0.05) is 24.8 Å². The summed E-state index contributed by atoms with van der Waals surface area (Å²) in [6, 6.07) is 8.74. The van der Waals surface area contributed by atoms with Crippen molar-refractivity contribution < 1.29 is 5.11 Å². The number of hydrogen-bond acceptors (Lipinski definition) is 3. The minimum atomic E-state index is 0.248. The van der Waals surface area contributed by atoms with Crippen molar-refractivity contribution in [2.75, 3.05) is 0 Å². The third kappa shape index (κ3) is 3.36. The predicted octanol–water partition coefficient (Wildman–Crippen LogP) is 3.48. The SMILES string of the molecule is C=CO.CC(N)Cc1csc2ccccc12. The monoisotopic (exact) mass is 235 g/mol. The van der Waals surface area contributed by atoms with Crippen molar-refractivity contribution in [3.05, 3.63) is 48.0 Å². The molecule has 2 aromatic rings. The van der Waals surface area contributed by atoms with Gasteiger partial charge in [-0.2, -0.15) is 0 Å². The standard InChI is InChI=1S/C11H13NS.C2H4O/c1-8(12)6-9-7-13-11-5-3-2-4-10(9)11;1-2-3/h2-5,7-8H,6,12H2,1H3;2-3H,1H2. The van der Waals surface area contributed by atoms with Gasteiger partial charge in [-0.05, 0) is 35.7 Å². The summed E-state index contributed by atoms with van der Waals surface area (Å²) >= 11 is 1.80. The van der Waals surface area contributed by atoms with Crippen LogP contribution in [-0.2, 0) is 6.42 Å². The molecule has 2 rings (SSSR count). The molecule has 0 aliphatic rings. The average Bonchev–Trinajstić information content (AvgIpc) is 2.63. The van der Waals surface area contributed by atoms with Gasteiger partial charge in [0.25, 0.3) is 0 Å². The predicted molar refractivity (Wildman–Crippen MR) is 72.0 cm³/mol. The molecule has 1 aromatic heterocycles. The summed E-state index contributed by atoms with van der Waals surface area (Å²) in [5.74, 6) is 0. The van der Waals surface area contributed by atoms with Crippen LogP contribution in [0.15, 0.2) is 42.5 Å². The van der Waals surface area contributed by atoms with Gasteiger partial charge in [0.05, 0.1) is 6.26 Å². The molecule has 86 valence electrons. The van der Waals surface area contributed by atoms with Crippen LogP contribution in [-0.4, -0.2) is 11.1 Å². The first-order chi connectivity index (χ1) is 7.69. The normalized spacial score (nSPS) is 11.6. The van der Waals surface area contributed by atoms with Crippen LogP contribution in [0.3, 0.4) is 0 Å².